The normalized spacial score (nSPS) is 10.8. The molecule has 0 aliphatic heterocycles. The molecule has 0 spiro atoms. The molecule has 2 heterocycles. The molecule has 0 saturated carbocycles. The Bertz CT molecular complexity index is 615. The molecule has 0 aromatic carbocycles. The van der Waals surface area contributed by atoms with Crippen molar-refractivity contribution >= 4 is 11.6 Å². The van der Waals surface area contributed by atoms with Gasteiger partial charge in [-0.2, -0.15) is 9.97 Å². The number of nitrogens with one attached hydrogen (secondary N) is 1. The molecule has 0 bridgehead atoms. The summed E-state index contributed by atoms with van der Waals surface area (Å²) in [6.45, 7) is 5.96. The molecule has 0 aliphatic carbocycles. The van der Waals surface area contributed by atoms with Gasteiger partial charge in [-0.15, -0.1) is 0 Å². The van der Waals surface area contributed by atoms with Gasteiger partial charge in [0.1, 0.15) is 5.65 Å². The van der Waals surface area contributed by atoms with Gasteiger partial charge in [0.15, 0.2) is 0 Å². The average Bonchev–Trinajstić information content (AvgIpc) is 2.27. The summed E-state index contributed by atoms with van der Waals surface area (Å²) in [4.78, 5) is 19.9. The van der Waals surface area contributed by atoms with Crippen LogP contribution in [-0.2, 0) is 0 Å². The number of aromatic nitrogens is 3. The maximum absolute atomic E-state index is 11.7. The molecule has 0 aliphatic rings. The lowest BCUT2D eigenvalue weighted by Gasteiger charge is -2.10. The van der Waals surface area contributed by atoms with E-state index in [4.69, 9.17) is 0 Å². The molecule has 5 nitrogen and oxygen atoms in total. The van der Waals surface area contributed by atoms with Crippen LogP contribution in [0.25, 0.3) is 5.65 Å². The van der Waals surface area contributed by atoms with Crippen LogP contribution in [0, 0.1) is 20.8 Å². The molecular weight excluding hydrogens is 204 g/mol. The standard InChI is InChI=1S/C11H14N4O/c1-6-5-15-9(8(3)7(6)2)13-10(12-4)14-11(15)16/h5H,1-4H3,(H,12,14,16). The predicted molar refractivity (Wildman–Crippen MR) is 63.0 cm³/mol. The second-order valence-corrected chi connectivity index (χ2v) is 3.84. The van der Waals surface area contributed by atoms with E-state index in [1.54, 1.807) is 13.2 Å². The molecule has 5 heteroatoms. The molecule has 0 fully saturated rings. The summed E-state index contributed by atoms with van der Waals surface area (Å²) in [5, 5.41) is 2.79. The van der Waals surface area contributed by atoms with Gasteiger partial charge in [0.25, 0.3) is 0 Å². The molecule has 1 N–H and O–H groups in total. The highest BCUT2D eigenvalue weighted by atomic mass is 16.1. The minimum atomic E-state index is -0.305. The molecule has 0 radical (unpaired) electrons. The number of nitrogens with zero attached hydrogens (tertiary/aromatic N) is 3. The zero-order valence-electron chi connectivity index (χ0n) is 9.83. The van der Waals surface area contributed by atoms with Gasteiger partial charge in [-0.1, -0.05) is 0 Å². The third-order valence-corrected chi connectivity index (χ3v) is 2.88. The first kappa shape index (κ1) is 10.6. The summed E-state index contributed by atoms with van der Waals surface area (Å²) in [5.74, 6) is 0.358. The summed E-state index contributed by atoms with van der Waals surface area (Å²) < 4.78 is 1.48. The highest BCUT2D eigenvalue weighted by Crippen LogP contribution is 2.15. The smallest absolute Gasteiger partial charge is 0.356 e. The number of fused-ring (bicyclic) bond motifs is 1. The fraction of sp³-hybridized carbons (Fsp3) is 0.364. The van der Waals surface area contributed by atoms with Gasteiger partial charge in [-0.25, -0.2) is 4.79 Å². The van der Waals surface area contributed by atoms with Gasteiger partial charge >= 0.3 is 5.69 Å². The lowest BCUT2D eigenvalue weighted by atomic mass is 10.1. The van der Waals surface area contributed by atoms with Crippen molar-refractivity contribution in [1.82, 2.24) is 14.4 Å². The maximum atomic E-state index is 11.7. The Kier molecular flexibility index (Phi) is 2.38. The van der Waals surface area contributed by atoms with Gasteiger partial charge in [0.05, 0.1) is 0 Å². The highest BCUT2D eigenvalue weighted by Gasteiger charge is 2.08. The molecule has 0 saturated heterocycles. The van der Waals surface area contributed by atoms with E-state index in [0.29, 0.717) is 11.6 Å². The van der Waals surface area contributed by atoms with Crippen molar-refractivity contribution in [2.75, 3.05) is 12.4 Å². The van der Waals surface area contributed by atoms with Gasteiger partial charge in [-0.05, 0) is 37.5 Å². The van der Waals surface area contributed by atoms with Crippen LogP contribution in [0.1, 0.15) is 16.7 Å². The quantitative estimate of drug-likeness (QED) is 0.777. The van der Waals surface area contributed by atoms with E-state index in [1.165, 1.54) is 4.40 Å². The summed E-state index contributed by atoms with van der Waals surface area (Å²) in [7, 11) is 1.70. The fourth-order valence-electron chi connectivity index (χ4n) is 1.66. The van der Waals surface area contributed by atoms with Crippen LogP contribution in [0.4, 0.5) is 5.95 Å². The second kappa shape index (κ2) is 3.59. The fourth-order valence-corrected chi connectivity index (χ4v) is 1.66. The van der Waals surface area contributed by atoms with Crippen LogP contribution in [0.15, 0.2) is 11.0 Å². The summed E-state index contributed by atoms with van der Waals surface area (Å²) in [6, 6.07) is 0. The van der Waals surface area contributed by atoms with E-state index in [0.717, 1.165) is 16.7 Å². The third kappa shape index (κ3) is 1.44. The van der Waals surface area contributed by atoms with Crippen LogP contribution < -0.4 is 11.0 Å². The molecule has 2 aromatic heterocycles. The minimum Gasteiger partial charge on any atom is -0.357 e. The molecule has 0 amide bonds. The topological polar surface area (TPSA) is 59.3 Å². The van der Waals surface area contributed by atoms with E-state index in [9.17, 15) is 4.79 Å². The first-order valence-corrected chi connectivity index (χ1v) is 5.09. The number of rotatable bonds is 1. The van der Waals surface area contributed by atoms with Crippen molar-refractivity contribution in [3.8, 4) is 0 Å². The monoisotopic (exact) mass is 218 g/mol. The molecule has 2 aromatic rings. The predicted octanol–water partition coefficient (Wildman–Crippen LogP) is 1.06. The molecule has 0 unspecified atom stereocenters. The molecule has 16 heavy (non-hydrogen) atoms. The number of anilines is 1. The summed E-state index contributed by atoms with van der Waals surface area (Å²) in [5.41, 5.74) is 3.58. The van der Waals surface area contributed by atoms with Gasteiger partial charge in [0, 0.05) is 13.2 Å². The molecular formula is C11H14N4O. The minimum absolute atomic E-state index is 0.305. The largest absolute Gasteiger partial charge is 0.357 e. The van der Waals surface area contributed by atoms with Gasteiger partial charge in [-0.3, -0.25) is 4.40 Å². The van der Waals surface area contributed by atoms with Crippen molar-refractivity contribution in [3.05, 3.63) is 33.4 Å². The SMILES string of the molecule is CNc1nc(=O)n2cc(C)c(C)c(C)c2n1. The Labute approximate surface area is 93.2 Å². The van der Waals surface area contributed by atoms with Crippen LogP contribution in [-0.4, -0.2) is 21.4 Å². The first-order chi connectivity index (χ1) is 7.54. The van der Waals surface area contributed by atoms with E-state index in [2.05, 4.69) is 15.3 Å². The van der Waals surface area contributed by atoms with Crippen LogP contribution >= 0.6 is 0 Å². The number of hydrogen-bond donors (Lipinski definition) is 1. The van der Waals surface area contributed by atoms with E-state index >= 15 is 0 Å². The van der Waals surface area contributed by atoms with Crippen LogP contribution in [0.3, 0.4) is 0 Å². The number of aryl methyl sites for hydroxylation is 2. The Morgan fingerprint density at radius 1 is 1.19 bits per heavy atom. The van der Waals surface area contributed by atoms with E-state index < -0.39 is 0 Å². The Balaban J connectivity index is 2.96. The molecule has 0 atom stereocenters. The lowest BCUT2D eigenvalue weighted by Crippen LogP contribution is -2.21. The van der Waals surface area contributed by atoms with E-state index in [1.807, 2.05) is 20.8 Å². The second-order valence-electron chi connectivity index (χ2n) is 3.84. The zero-order valence-corrected chi connectivity index (χ0v) is 9.83. The molecule has 84 valence electrons. The lowest BCUT2D eigenvalue weighted by molar-refractivity contribution is 0.924. The third-order valence-electron chi connectivity index (χ3n) is 2.88. The first-order valence-electron chi connectivity index (χ1n) is 5.09. The van der Waals surface area contributed by atoms with Gasteiger partial charge < -0.3 is 5.32 Å². The van der Waals surface area contributed by atoms with Crippen molar-refractivity contribution < 1.29 is 0 Å². The Hall–Kier alpha value is -1.91. The van der Waals surface area contributed by atoms with Crippen molar-refractivity contribution in [2.45, 2.75) is 20.8 Å². The maximum Gasteiger partial charge on any atom is 0.356 e. The van der Waals surface area contributed by atoms with E-state index in [-0.39, 0.29) is 5.69 Å². The summed E-state index contributed by atoms with van der Waals surface area (Å²) >= 11 is 0. The van der Waals surface area contributed by atoms with Crippen molar-refractivity contribution in [3.63, 3.8) is 0 Å². The Morgan fingerprint density at radius 3 is 2.50 bits per heavy atom. The summed E-state index contributed by atoms with van der Waals surface area (Å²) in [6.07, 6.45) is 1.78. The van der Waals surface area contributed by atoms with Crippen LogP contribution in [0.2, 0.25) is 0 Å². The van der Waals surface area contributed by atoms with Crippen molar-refractivity contribution in [2.24, 2.45) is 0 Å². The zero-order chi connectivity index (χ0) is 11.9. The van der Waals surface area contributed by atoms with Crippen molar-refractivity contribution in [1.29, 1.82) is 0 Å². The number of hydrogen-bond acceptors (Lipinski definition) is 4. The highest BCUT2D eigenvalue weighted by molar-refractivity contribution is 5.54. The van der Waals surface area contributed by atoms with Crippen LogP contribution in [0.5, 0.6) is 0 Å². The average molecular weight is 218 g/mol. The number of pyridine rings is 1. The van der Waals surface area contributed by atoms with Gasteiger partial charge in [0.2, 0.25) is 5.95 Å². The molecule has 2 rings (SSSR count). The Morgan fingerprint density at radius 2 is 1.88 bits per heavy atom.